The van der Waals surface area contributed by atoms with Crippen molar-refractivity contribution >= 4 is 11.8 Å². The number of carbonyl (C=O) groups excluding carboxylic acids is 2. The van der Waals surface area contributed by atoms with Crippen molar-refractivity contribution in [1.82, 2.24) is 16.0 Å². The summed E-state index contributed by atoms with van der Waals surface area (Å²) < 4.78 is 0. The second-order valence-corrected chi connectivity index (χ2v) is 7.32. The van der Waals surface area contributed by atoms with Gasteiger partial charge in [-0.2, -0.15) is 0 Å². The van der Waals surface area contributed by atoms with Gasteiger partial charge in [-0.05, 0) is 39.8 Å². The van der Waals surface area contributed by atoms with Gasteiger partial charge >= 0.3 is 0 Å². The van der Waals surface area contributed by atoms with Crippen molar-refractivity contribution in [1.29, 1.82) is 0 Å². The van der Waals surface area contributed by atoms with Gasteiger partial charge in [0.05, 0.1) is 12.5 Å². The number of aromatic hydroxyl groups is 1. The monoisotopic (exact) mass is 357 g/mol. The third-order valence-electron chi connectivity index (χ3n) is 5.58. The van der Waals surface area contributed by atoms with E-state index in [2.05, 4.69) is 22.9 Å². The summed E-state index contributed by atoms with van der Waals surface area (Å²) in [7, 11) is 0. The number of phenolic OH excluding ortho intramolecular Hbond substituents is 1. The zero-order valence-electron chi connectivity index (χ0n) is 15.5. The standard InChI is InChI=1S/C20H27N3O3/c1-11-15(20(26)23-16-8-9-21-13(3)19(11)16)10-18(25)22-12(2)14-6-4-5-7-17(14)24/h4-7,12-13,16,19,21,24H,8-10H2,1-3H3,(H,22,25)(H,23,26)/t12-,13?,16?,19?/m0/s1. The summed E-state index contributed by atoms with van der Waals surface area (Å²) in [4.78, 5) is 25.0. The molecule has 0 radical (unpaired) electrons. The molecule has 4 N–H and O–H groups in total. The maximum absolute atomic E-state index is 12.5. The molecule has 0 aliphatic carbocycles. The molecule has 0 bridgehead atoms. The average molecular weight is 357 g/mol. The molecule has 26 heavy (non-hydrogen) atoms. The van der Waals surface area contributed by atoms with Gasteiger partial charge < -0.3 is 21.1 Å². The molecule has 1 fully saturated rings. The van der Waals surface area contributed by atoms with Gasteiger partial charge in [-0.3, -0.25) is 9.59 Å². The van der Waals surface area contributed by atoms with Crippen LogP contribution in [0.4, 0.5) is 0 Å². The smallest absolute Gasteiger partial charge is 0.247 e. The lowest BCUT2D eigenvalue weighted by Crippen LogP contribution is -2.57. The van der Waals surface area contributed by atoms with Gasteiger partial charge in [-0.15, -0.1) is 0 Å². The van der Waals surface area contributed by atoms with Gasteiger partial charge in [-0.25, -0.2) is 0 Å². The summed E-state index contributed by atoms with van der Waals surface area (Å²) in [6, 6.07) is 7.01. The van der Waals surface area contributed by atoms with Gasteiger partial charge in [0, 0.05) is 29.1 Å². The molecule has 2 amide bonds. The number of para-hydroxylation sites is 1. The molecule has 1 aromatic rings. The Labute approximate surface area is 154 Å². The Hall–Kier alpha value is -2.34. The van der Waals surface area contributed by atoms with Crippen molar-refractivity contribution in [3.63, 3.8) is 0 Å². The fourth-order valence-corrected chi connectivity index (χ4v) is 4.20. The minimum Gasteiger partial charge on any atom is -0.508 e. The SMILES string of the molecule is CC1=C(CC(=O)N[C@@H](C)c2ccccc2O)C(=O)NC2CCNC(C)C12. The molecule has 0 saturated carbocycles. The summed E-state index contributed by atoms with van der Waals surface area (Å²) in [5, 5.41) is 19.3. The van der Waals surface area contributed by atoms with Crippen LogP contribution in [0.25, 0.3) is 0 Å². The number of piperidine rings is 1. The van der Waals surface area contributed by atoms with Crippen LogP contribution in [-0.4, -0.2) is 35.5 Å². The van der Waals surface area contributed by atoms with Crippen LogP contribution in [0, 0.1) is 5.92 Å². The Morgan fingerprint density at radius 2 is 2.12 bits per heavy atom. The van der Waals surface area contributed by atoms with Crippen molar-refractivity contribution < 1.29 is 14.7 Å². The number of rotatable bonds is 4. The van der Waals surface area contributed by atoms with Crippen LogP contribution in [0.5, 0.6) is 5.75 Å². The summed E-state index contributed by atoms with van der Waals surface area (Å²) >= 11 is 0. The van der Waals surface area contributed by atoms with E-state index in [9.17, 15) is 14.7 Å². The fourth-order valence-electron chi connectivity index (χ4n) is 4.20. The summed E-state index contributed by atoms with van der Waals surface area (Å²) in [6.45, 7) is 6.80. The second kappa shape index (κ2) is 7.50. The molecular formula is C20H27N3O3. The van der Waals surface area contributed by atoms with Gasteiger partial charge in [0.2, 0.25) is 11.8 Å². The van der Waals surface area contributed by atoms with Crippen molar-refractivity contribution in [3.8, 4) is 5.75 Å². The summed E-state index contributed by atoms with van der Waals surface area (Å²) in [5.74, 6) is 0.0132. The first kappa shape index (κ1) is 18.5. The Morgan fingerprint density at radius 1 is 1.38 bits per heavy atom. The largest absolute Gasteiger partial charge is 0.508 e. The van der Waals surface area contributed by atoms with Gasteiger partial charge in [0.1, 0.15) is 5.75 Å². The minimum absolute atomic E-state index is 0.0472. The van der Waals surface area contributed by atoms with E-state index in [-0.39, 0.29) is 48.0 Å². The van der Waals surface area contributed by atoms with Crippen LogP contribution in [0.2, 0.25) is 0 Å². The molecule has 2 heterocycles. The van der Waals surface area contributed by atoms with Gasteiger partial charge in [0.25, 0.3) is 0 Å². The number of carbonyl (C=O) groups is 2. The number of phenols is 1. The molecule has 0 aromatic heterocycles. The molecular weight excluding hydrogens is 330 g/mol. The Morgan fingerprint density at radius 3 is 2.85 bits per heavy atom. The highest BCUT2D eigenvalue weighted by Gasteiger charge is 2.39. The van der Waals surface area contributed by atoms with Crippen molar-refractivity contribution in [3.05, 3.63) is 41.0 Å². The van der Waals surface area contributed by atoms with E-state index >= 15 is 0 Å². The maximum atomic E-state index is 12.5. The normalized spacial score (nSPS) is 26.7. The number of hydrogen-bond acceptors (Lipinski definition) is 4. The van der Waals surface area contributed by atoms with E-state index in [4.69, 9.17) is 0 Å². The van der Waals surface area contributed by atoms with E-state index < -0.39 is 0 Å². The zero-order valence-corrected chi connectivity index (χ0v) is 15.5. The highest BCUT2D eigenvalue weighted by Crippen LogP contribution is 2.32. The summed E-state index contributed by atoms with van der Waals surface area (Å²) in [6.07, 6.45) is 0.952. The first-order valence-electron chi connectivity index (χ1n) is 9.19. The molecule has 1 saturated heterocycles. The maximum Gasteiger partial charge on any atom is 0.247 e. The number of benzene rings is 1. The lowest BCUT2D eigenvalue weighted by Gasteiger charge is -2.42. The molecule has 2 aliphatic rings. The van der Waals surface area contributed by atoms with Crippen LogP contribution in [0.15, 0.2) is 35.4 Å². The van der Waals surface area contributed by atoms with Crippen LogP contribution in [0.1, 0.15) is 45.2 Å². The number of nitrogens with one attached hydrogen (secondary N) is 3. The molecule has 3 rings (SSSR count). The summed E-state index contributed by atoms with van der Waals surface area (Å²) in [5.41, 5.74) is 2.22. The fraction of sp³-hybridized carbons (Fsp3) is 0.500. The third kappa shape index (κ3) is 3.60. The quantitative estimate of drug-likeness (QED) is 0.661. The highest BCUT2D eigenvalue weighted by atomic mass is 16.3. The van der Waals surface area contributed by atoms with Gasteiger partial charge in [0.15, 0.2) is 0 Å². The molecule has 140 valence electrons. The lowest BCUT2D eigenvalue weighted by atomic mass is 9.76. The molecule has 0 spiro atoms. The first-order chi connectivity index (χ1) is 12.4. The predicted octanol–water partition coefficient (Wildman–Crippen LogP) is 1.77. The van der Waals surface area contributed by atoms with E-state index in [0.717, 1.165) is 18.5 Å². The minimum atomic E-state index is -0.334. The number of fused-ring (bicyclic) bond motifs is 1. The number of amides is 2. The van der Waals surface area contributed by atoms with Crippen molar-refractivity contribution in [2.24, 2.45) is 5.92 Å². The van der Waals surface area contributed by atoms with Gasteiger partial charge in [-0.1, -0.05) is 23.8 Å². The molecule has 1 aromatic carbocycles. The molecule has 6 nitrogen and oxygen atoms in total. The zero-order chi connectivity index (χ0) is 18.8. The Balaban J connectivity index is 1.72. The van der Waals surface area contributed by atoms with E-state index in [1.807, 2.05) is 19.9 Å². The van der Waals surface area contributed by atoms with Crippen LogP contribution in [-0.2, 0) is 9.59 Å². The van der Waals surface area contributed by atoms with Crippen LogP contribution < -0.4 is 16.0 Å². The van der Waals surface area contributed by atoms with E-state index in [1.54, 1.807) is 18.2 Å². The molecule has 3 unspecified atom stereocenters. The Kier molecular flexibility index (Phi) is 5.32. The number of hydrogen-bond donors (Lipinski definition) is 4. The van der Waals surface area contributed by atoms with Crippen LogP contribution >= 0.6 is 0 Å². The highest BCUT2D eigenvalue weighted by molar-refractivity contribution is 6.00. The second-order valence-electron chi connectivity index (χ2n) is 7.32. The first-order valence-corrected chi connectivity index (χ1v) is 9.19. The van der Waals surface area contributed by atoms with E-state index in [1.165, 1.54) is 0 Å². The van der Waals surface area contributed by atoms with Crippen molar-refractivity contribution in [2.45, 2.75) is 51.7 Å². The lowest BCUT2D eigenvalue weighted by molar-refractivity contribution is -0.124. The van der Waals surface area contributed by atoms with E-state index in [0.29, 0.717) is 11.1 Å². The van der Waals surface area contributed by atoms with Crippen molar-refractivity contribution in [2.75, 3.05) is 6.54 Å². The molecule has 6 heteroatoms. The average Bonchev–Trinajstić information content (AvgIpc) is 2.58. The molecule has 2 aliphatic heterocycles. The topological polar surface area (TPSA) is 90.5 Å². The van der Waals surface area contributed by atoms with Crippen LogP contribution in [0.3, 0.4) is 0 Å². The third-order valence-corrected chi connectivity index (χ3v) is 5.58. The Bertz CT molecular complexity index is 744. The molecule has 4 atom stereocenters. The predicted molar refractivity (Wildman–Crippen MR) is 99.5 cm³/mol.